The largest absolute Gasteiger partial charge is 0.341 e. The third-order valence-electron chi connectivity index (χ3n) is 3.65. The molecular weight excluding hydrogens is 224 g/mol. The number of nitrogens with one attached hydrogen (secondary N) is 1. The Morgan fingerprint density at radius 1 is 1.38 bits per heavy atom. The van der Waals surface area contributed by atoms with Gasteiger partial charge in [0.05, 0.1) is 0 Å². The van der Waals surface area contributed by atoms with E-state index in [9.17, 15) is 4.79 Å². The summed E-state index contributed by atoms with van der Waals surface area (Å²) in [6.45, 7) is 1.89. The minimum Gasteiger partial charge on any atom is -0.341 e. The summed E-state index contributed by atoms with van der Waals surface area (Å²) in [6, 6.07) is 0.517. The van der Waals surface area contributed by atoms with Gasteiger partial charge in [0.1, 0.15) is 0 Å². The fraction of sp³-hybridized carbons (Fsp3) is 0.917. The monoisotopic (exact) mass is 246 g/mol. The van der Waals surface area contributed by atoms with E-state index in [1.165, 1.54) is 19.3 Å². The number of amides is 1. The highest BCUT2D eigenvalue weighted by atomic mass is 35.5. The molecule has 0 spiro atoms. The molecule has 1 N–H and O–H groups in total. The number of hydrogen-bond acceptors (Lipinski definition) is 2. The molecule has 1 atom stereocenters. The summed E-state index contributed by atoms with van der Waals surface area (Å²) in [4.78, 5) is 13.9. The Morgan fingerprint density at radius 3 is 2.75 bits per heavy atom. The van der Waals surface area contributed by atoms with Crippen molar-refractivity contribution >= 4 is 18.3 Å². The van der Waals surface area contributed by atoms with Crippen molar-refractivity contribution in [2.45, 2.75) is 44.6 Å². The van der Waals surface area contributed by atoms with Gasteiger partial charge in [-0.3, -0.25) is 4.79 Å². The van der Waals surface area contributed by atoms with E-state index in [1.54, 1.807) is 0 Å². The van der Waals surface area contributed by atoms with Gasteiger partial charge < -0.3 is 10.2 Å². The number of likely N-dealkylation sites (N-methyl/N-ethyl adjacent to an activating group) is 1. The van der Waals surface area contributed by atoms with Crippen molar-refractivity contribution in [3.63, 3.8) is 0 Å². The van der Waals surface area contributed by atoms with Crippen LogP contribution in [0.5, 0.6) is 0 Å². The molecule has 0 aromatic heterocycles. The van der Waals surface area contributed by atoms with Crippen molar-refractivity contribution in [2.24, 2.45) is 5.92 Å². The van der Waals surface area contributed by atoms with Crippen LogP contribution in [0.3, 0.4) is 0 Å². The number of rotatable bonds is 4. The lowest BCUT2D eigenvalue weighted by molar-refractivity contribution is -0.132. The highest BCUT2D eigenvalue weighted by molar-refractivity contribution is 5.85. The maximum absolute atomic E-state index is 11.9. The molecule has 4 heteroatoms. The van der Waals surface area contributed by atoms with Crippen molar-refractivity contribution in [1.82, 2.24) is 10.2 Å². The van der Waals surface area contributed by atoms with E-state index < -0.39 is 0 Å². The number of halogens is 1. The Balaban J connectivity index is 0.00000128. The molecule has 3 nitrogen and oxygen atoms in total. The van der Waals surface area contributed by atoms with Gasteiger partial charge >= 0.3 is 0 Å². The van der Waals surface area contributed by atoms with E-state index in [0.29, 0.717) is 11.9 Å². The van der Waals surface area contributed by atoms with Crippen LogP contribution in [0.2, 0.25) is 0 Å². The van der Waals surface area contributed by atoms with E-state index in [4.69, 9.17) is 0 Å². The molecule has 1 aliphatic heterocycles. The van der Waals surface area contributed by atoms with Crippen LogP contribution < -0.4 is 5.32 Å². The number of likely N-dealkylation sites (tertiary alicyclic amines) is 1. The van der Waals surface area contributed by atoms with Crippen LogP contribution in [0.15, 0.2) is 0 Å². The lowest BCUT2D eigenvalue weighted by Gasteiger charge is -2.32. The molecule has 0 bridgehead atoms. The highest BCUT2D eigenvalue weighted by Crippen LogP contribution is 2.33. The quantitative estimate of drug-likeness (QED) is 0.821. The van der Waals surface area contributed by atoms with Gasteiger partial charge in [0.15, 0.2) is 0 Å². The molecule has 2 fully saturated rings. The molecule has 0 aromatic rings. The number of hydrogen-bond donors (Lipinski definition) is 1. The van der Waals surface area contributed by atoms with Gasteiger partial charge in [-0.05, 0) is 32.2 Å². The predicted molar refractivity (Wildman–Crippen MR) is 67.9 cm³/mol. The third kappa shape index (κ3) is 3.95. The van der Waals surface area contributed by atoms with Crippen molar-refractivity contribution < 1.29 is 4.79 Å². The maximum Gasteiger partial charge on any atom is 0.222 e. The van der Waals surface area contributed by atoms with E-state index in [-0.39, 0.29) is 12.4 Å². The molecule has 1 amide bonds. The predicted octanol–water partition coefficient (Wildman–Crippen LogP) is 1.81. The standard InChI is InChI=1S/C12H22N2O.ClH/c1-13-11-3-2-8-14(9-11)12(15)7-6-10-4-5-10;/h10-11,13H,2-9H2,1H3;1H. The first-order valence-electron chi connectivity index (χ1n) is 6.24. The molecule has 0 radical (unpaired) electrons. The molecule has 1 heterocycles. The molecule has 0 aromatic carbocycles. The molecule has 1 aliphatic carbocycles. The van der Waals surface area contributed by atoms with Crippen molar-refractivity contribution in [3.05, 3.63) is 0 Å². The number of nitrogens with zero attached hydrogens (tertiary/aromatic N) is 1. The highest BCUT2D eigenvalue weighted by Gasteiger charge is 2.25. The zero-order valence-electron chi connectivity index (χ0n) is 10.1. The first-order valence-corrected chi connectivity index (χ1v) is 6.24. The average Bonchev–Trinajstić information content (AvgIpc) is 3.10. The zero-order chi connectivity index (χ0) is 10.7. The summed E-state index contributed by atoms with van der Waals surface area (Å²) < 4.78 is 0. The lowest BCUT2D eigenvalue weighted by Crippen LogP contribution is -2.46. The van der Waals surface area contributed by atoms with Gasteiger partial charge in [-0.15, -0.1) is 12.4 Å². The number of carbonyl (C=O) groups excluding carboxylic acids is 1. The second-order valence-electron chi connectivity index (χ2n) is 4.95. The second kappa shape index (κ2) is 6.45. The zero-order valence-corrected chi connectivity index (χ0v) is 10.9. The Labute approximate surface area is 104 Å². The Morgan fingerprint density at radius 2 is 2.12 bits per heavy atom. The molecule has 16 heavy (non-hydrogen) atoms. The molecule has 1 unspecified atom stereocenters. The van der Waals surface area contributed by atoms with Crippen LogP contribution in [0.1, 0.15) is 38.5 Å². The molecule has 2 rings (SSSR count). The van der Waals surface area contributed by atoms with Crippen LogP contribution in [-0.4, -0.2) is 37.0 Å². The van der Waals surface area contributed by atoms with Gasteiger partial charge in [-0.1, -0.05) is 12.8 Å². The molecule has 1 saturated heterocycles. The summed E-state index contributed by atoms with van der Waals surface area (Å²) in [5, 5.41) is 3.27. The topological polar surface area (TPSA) is 32.3 Å². The average molecular weight is 247 g/mol. The molecule has 94 valence electrons. The first kappa shape index (κ1) is 13.8. The SMILES string of the molecule is CNC1CCCN(C(=O)CCC2CC2)C1.Cl. The summed E-state index contributed by atoms with van der Waals surface area (Å²) in [5.41, 5.74) is 0. The van der Waals surface area contributed by atoms with Crippen LogP contribution in [-0.2, 0) is 4.79 Å². The van der Waals surface area contributed by atoms with Gasteiger partial charge in [0.2, 0.25) is 5.91 Å². The van der Waals surface area contributed by atoms with Gasteiger partial charge in [-0.25, -0.2) is 0 Å². The Bertz CT molecular complexity index is 231. The number of carbonyl (C=O) groups is 1. The van der Waals surface area contributed by atoms with Crippen molar-refractivity contribution in [2.75, 3.05) is 20.1 Å². The van der Waals surface area contributed by atoms with E-state index >= 15 is 0 Å². The van der Waals surface area contributed by atoms with Crippen LogP contribution >= 0.6 is 12.4 Å². The minimum absolute atomic E-state index is 0. The fourth-order valence-electron chi connectivity index (χ4n) is 2.33. The fourth-order valence-corrected chi connectivity index (χ4v) is 2.33. The minimum atomic E-state index is 0. The van der Waals surface area contributed by atoms with Crippen molar-refractivity contribution in [3.8, 4) is 0 Å². The van der Waals surface area contributed by atoms with Crippen LogP contribution in [0.4, 0.5) is 0 Å². The number of piperidine rings is 1. The second-order valence-corrected chi connectivity index (χ2v) is 4.95. The normalized spacial score (nSPS) is 25.1. The van der Waals surface area contributed by atoms with Gasteiger partial charge in [0.25, 0.3) is 0 Å². The summed E-state index contributed by atoms with van der Waals surface area (Å²) >= 11 is 0. The molecule has 1 saturated carbocycles. The first-order chi connectivity index (χ1) is 7.29. The summed E-state index contributed by atoms with van der Waals surface area (Å²) in [7, 11) is 1.99. The van der Waals surface area contributed by atoms with Gasteiger partial charge in [0, 0.05) is 25.6 Å². The van der Waals surface area contributed by atoms with Crippen molar-refractivity contribution in [1.29, 1.82) is 0 Å². The Kier molecular flexibility index (Phi) is 5.56. The van der Waals surface area contributed by atoms with E-state index in [0.717, 1.165) is 38.3 Å². The Hall–Kier alpha value is -0.280. The van der Waals surface area contributed by atoms with Gasteiger partial charge in [-0.2, -0.15) is 0 Å². The third-order valence-corrected chi connectivity index (χ3v) is 3.65. The summed E-state index contributed by atoms with van der Waals surface area (Å²) in [5.74, 6) is 1.25. The maximum atomic E-state index is 11.9. The smallest absolute Gasteiger partial charge is 0.222 e. The van der Waals surface area contributed by atoms with Crippen LogP contribution in [0.25, 0.3) is 0 Å². The van der Waals surface area contributed by atoms with E-state index in [1.807, 2.05) is 11.9 Å². The lowest BCUT2D eigenvalue weighted by atomic mass is 10.1. The van der Waals surface area contributed by atoms with Crippen LogP contribution in [0, 0.1) is 5.92 Å². The van der Waals surface area contributed by atoms with E-state index in [2.05, 4.69) is 5.32 Å². The molecular formula is C12H23ClN2O. The summed E-state index contributed by atoms with van der Waals surface area (Å²) in [6.07, 6.45) is 6.98. The molecule has 2 aliphatic rings.